The van der Waals surface area contributed by atoms with Crippen molar-refractivity contribution in [3.63, 3.8) is 0 Å². The first kappa shape index (κ1) is 75.1. The van der Waals surface area contributed by atoms with E-state index in [1.165, 1.54) is 109 Å². The van der Waals surface area contributed by atoms with E-state index in [-0.39, 0.29) is 25.7 Å². The smallest absolute Gasteiger partial charge is 0.462 e. The quantitative estimate of drug-likeness (QED) is 0.0222. The van der Waals surface area contributed by atoms with Crippen LogP contribution in [0.1, 0.15) is 291 Å². The number of unbranched alkanes of at least 4 members (excludes halogenated alkanes) is 33. The molecule has 0 aliphatic rings. The minimum absolute atomic E-state index is 0.106. The second-order valence-corrected chi connectivity index (χ2v) is 23.9. The van der Waals surface area contributed by atoms with Crippen molar-refractivity contribution >= 4 is 39.5 Å². The van der Waals surface area contributed by atoms with Crippen molar-refractivity contribution in [2.45, 2.75) is 309 Å². The standard InChI is InChI=1S/C58H112O17P2/c1-5-9-13-17-21-24-25-26-29-33-37-41-45-58(63)75-54(49-69-56(61)43-39-35-31-27-22-18-14-10-6-2)51-73-77(66,67)71-47-52(59)46-70-76(64,65)72-50-53(48-68-55(60)42-38-34-30-20-16-12-8-4)74-57(62)44-40-36-32-28-23-19-15-11-7-3/h52-54,59H,5-51H2,1-4H3,(H,64,65)(H,66,67)/t52-,53+,54+/m0/s1. The summed E-state index contributed by atoms with van der Waals surface area (Å²) in [5.41, 5.74) is 0. The number of rotatable bonds is 59. The van der Waals surface area contributed by atoms with Gasteiger partial charge in [0, 0.05) is 25.7 Å². The van der Waals surface area contributed by atoms with Crippen LogP contribution in [0.5, 0.6) is 0 Å². The highest BCUT2D eigenvalue weighted by atomic mass is 31.2. The Hall–Kier alpha value is -1.94. The molecule has 0 radical (unpaired) electrons. The van der Waals surface area contributed by atoms with Crippen LogP contribution in [0, 0.1) is 0 Å². The van der Waals surface area contributed by atoms with Gasteiger partial charge >= 0.3 is 39.5 Å². The van der Waals surface area contributed by atoms with Crippen molar-refractivity contribution < 1.29 is 80.2 Å². The number of carbonyl (C=O) groups is 4. The Morgan fingerprint density at radius 3 is 0.766 bits per heavy atom. The predicted molar refractivity (Wildman–Crippen MR) is 303 cm³/mol. The molecule has 5 atom stereocenters. The zero-order valence-corrected chi connectivity index (χ0v) is 50.7. The van der Waals surface area contributed by atoms with E-state index in [1.54, 1.807) is 0 Å². The molecule has 0 aromatic rings. The Bertz CT molecular complexity index is 1500. The highest BCUT2D eigenvalue weighted by Crippen LogP contribution is 2.45. The molecule has 0 saturated carbocycles. The minimum Gasteiger partial charge on any atom is -0.462 e. The average Bonchev–Trinajstić information content (AvgIpc) is 3.40. The average molecular weight is 1140 g/mol. The second-order valence-electron chi connectivity index (χ2n) is 21.0. The number of hydrogen-bond donors (Lipinski definition) is 3. The van der Waals surface area contributed by atoms with Gasteiger partial charge in [-0.05, 0) is 25.7 Å². The van der Waals surface area contributed by atoms with Gasteiger partial charge in [-0.3, -0.25) is 37.3 Å². The van der Waals surface area contributed by atoms with E-state index in [0.29, 0.717) is 25.7 Å². The summed E-state index contributed by atoms with van der Waals surface area (Å²) in [5.74, 6) is -2.15. The van der Waals surface area contributed by atoms with Crippen LogP contribution in [-0.2, 0) is 65.4 Å². The van der Waals surface area contributed by atoms with Crippen molar-refractivity contribution in [2.24, 2.45) is 0 Å². The Kier molecular flexibility index (Phi) is 52.0. The number of aliphatic hydroxyl groups is 1. The fraction of sp³-hybridized carbons (Fsp3) is 0.931. The second kappa shape index (κ2) is 53.4. The van der Waals surface area contributed by atoms with E-state index < -0.39 is 97.5 Å². The zero-order chi connectivity index (χ0) is 56.9. The molecule has 2 unspecified atom stereocenters. The van der Waals surface area contributed by atoms with Crippen LogP contribution in [0.3, 0.4) is 0 Å². The van der Waals surface area contributed by atoms with Gasteiger partial charge in [-0.15, -0.1) is 0 Å². The predicted octanol–water partition coefficient (Wildman–Crippen LogP) is 15.6. The summed E-state index contributed by atoms with van der Waals surface area (Å²) in [6.07, 6.45) is 36.2. The molecule has 0 aromatic carbocycles. The van der Waals surface area contributed by atoms with E-state index >= 15 is 0 Å². The molecular weight excluding hydrogens is 1030 g/mol. The van der Waals surface area contributed by atoms with E-state index in [4.69, 9.17) is 37.0 Å². The third-order valence-corrected chi connectivity index (χ3v) is 15.3. The maximum Gasteiger partial charge on any atom is 0.472 e. The van der Waals surface area contributed by atoms with Crippen LogP contribution in [0.15, 0.2) is 0 Å². The number of carbonyl (C=O) groups excluding carboxylic acids is 4. The molecule has 77 heavy (non-hydrogen) atoms. The summed E-state index contributed by atoms with van der Waals surface area (Å²) < 4.78 is 67.6. The summed E-state index contributed by atoms with van der Waals surface area (Å²) in [7, 11) is -9.86. The van der Waals surface area contributed by atoms with Gasteiger partial charge in [0.25, 0.3) is 0 Å². The van der Waals surface area contributed by atoms with Crippen molar-refractivity contribution in [3.05, 3.63) is 0 Å². The maximum atomic E-state index is 12.9. The first-order valence-electron chi connectivity index (χ1n) is 30.8. The molecule has 19 heteroatoms. The topological polar surface area (TPSA) is 237 Å². The Morgan fingerprint density at radius 1 is 0.312 bits per heavy atom. The van der Waals surface area contributed by atoms with Gasteiger partial charge in [0.1, 0.15) is 19.3 Å². The number of aliphatic hydroxyl groups excluding tert-OH is 1. The first-order chi connectivity index (χ1) is 37.2. The molecule has 0 rings (SSSR count). The summed E-state index contributed by atoms with van der Waals surface area (Å²) in [6, 6.07) is 0. The number of phosphoric acid groups is 2. The van der Waals surface area contributed by atoms with Crippen LogP contribution in [0.4, 0.5) is 0 Å². The van der Waals surface area contributed by atoms with Gasteiger partial charge in [-0.1, -0.05) is 240 Å². The lowest BCUT2D eigenvalue weighted by molar-refractivity contribution is -0.161. The van der Waals surface area contributed by atoms with E-state index in [1.807, 2.05) is 0 Å². The van der Waals surface area contributed by atoms with Gasteiger partial charge in [0.05, 0.1) is 26.4 Å². The fourth-order valence-electron chi connectivity index (χ4n) is 8.57. The van der Waals surface area contributed by atoms with Gasteiger partial charge in [-0.2, -0.15) is 0 Å². The number of phosphoric ester groups is 2. The lowest BCUT2D eigenvalue weighted by atomic mass is 10.0. The lowest BCUT2D eigenvalue weighted by Crippen LogP contribution is -2.30. The SMILES string of the molecule is CCCCCCCCCCCCCCC(=O)O[C@H](COC(=O)CCCCCCCCCCC)COP(=O)(O)OC[C@@H](O)COP(=O)(O)OC[C@@H](COC(=O)CCCCCCCCC)OC(=O)CCCCCCCCCCC. The highest BCUT2D eigenvalue weighted by Gasteiger charge is 2.30. The molecule has 0 aliphatic heterocycles. The highest BCUT2D eigenvalue weighted by molar-refractivity contribution is 7.47. The summed E-state index contributed by atoms with van der Waals surface area (Å²) in [4.78, 5) is 71.7. The number of hydrogen-bond acceptors (Lipinski definition) is 15. The van der Waals surface area contributed by atoms with Crippen molar-refractivity contribution in [2.75, 3.05) is 39.6 Å². The van der Waals surface area contributed by atoms with Gasteiger partial charge in [0.15, 0.2) is 12.2 Å². The molecule has 0 amide bonds. The molecule has 0 bridgehead atoms. The molecule has 456 valence electrons. The molecule has 0 spiro atoms. The van der Waals surface area contributed by atoms with Gasteiger partial charge < -0.3 is 33.8 Å². The van der Waals surface area contributed by atoms with Crippen LogP contribution < -0.4 is 0 Å². The van der Waals surface area contributed by atoms with Crippen LogP contribution in [0.2, 0.25) is 0 Å². The molecule has 3 N–H and O–H groups in total. The monoisotopic (exact) mass is 1140 g/mol. The van der Waals surface area contributed by atoms with Gasteiger partial charge in [-0.25, -0.2) is 9.13 Å². The lowest BCUT2D eigenvalue weighted by Gasteiger charge is -2.21. The molecular formula is C58H112O17P2. The van der Waals surface area contributed by atoms with Crippen molar-refractivity contribution in [1.29, 1.82) is 0 Å². The largest absolute Gasteiger partial charge is 0.472 e. The van der Waals surface area contributed by atoms with Crippen LogP contribution >= 0.6 is 15.6 Å². The molecule has 0 aliphatic carbocycles. The van der Waals surface area contributed by atoms with E-state index in [0.717, 1.165) is 103 Å². The van der Waals surface area contributed by atoms with Gasteiger partial charge in [0.2, 0.25) is 0 Å². The zero-order valence-electron chi connectivity index (χ0n) is 48.9. The summed E-state index contributed by atoms with van der Waals surface area (Å²) in [6.45, 7) is 4.78. The first-order valence-corrected chi connectivity index (χ1v) is 33.8. The summed E-state index contributed by atoms with van der Waals surface area (Å²) in [5, 5.41) is 10.5. The Balaban J connectivity index is 5.20. The Labute approximate surface area is 467 Å². The minimum atomic E-state index is -4.93. The Morgan fingerprint density at radius 2 is 0.519 bits per heavy atom. The number of esters is 4. The maximum absolute atomic E-state index is 12.9. The number of ether oxygens (including phenoxy) is 4. The van der Waals surface area contributed by atoms with E-state index in [9.17, 15) is 43.2 Å². The molecule has 17 nitrogen and oxygen atoms in total. The van der Waals surface area contributed by atoms with Crippen molar-refractivity contribution in [3.8, 4) is 0 Å². The van der Waals surface area contributed by atoms with Crippen LogP contribution in [-0.4, -0.2) is 96.7 Å². The van der Waals surface area contributed by atoms with Crippen LogP contribution in [0.25, 0.3) is 0 Å². The van der Waals surface area contributed by atoms with Crippen molar-refractivity contribution in [1.82, 2.24) is 0 Å². The normalized spacial score (nSPS) is 14.3. The third kappa shape index (κ3) is 53.2. The fourth-order valence-corrected chi connectivity index (χ4v) is 10.2. The third-order valence-electron chi connectivity index (χ3n) is 13.4. The van der Waals surface area contributed by atoms with E-state index in [2.05, 4.69) is 27.7 Å². The molecule has 0 fully saturated rings. The molecule has 0 saturated heterocycles. The summed E-state index contributed by atoms with van der Waals surface area (Å²) >= 11 is 0. The molecule has 0 heterocycles. The molecule has 0 aromatic heterocycles.